The van der Waals surface area contributed by atoms with Crippen LogP contribution in [0.2, 0.25) is 0 Å². The van der Waals surface area contributed by atoms with E-state index in [1.165, 1.54) is 0 Å². The Morgan fingerprint density at radius 1 is 1.33 bits per heavy atom. The Kier molecular flexibility index (Phi) is 4.53. The van der Waals surface area contributed by atoms with Crippen LogP contribution >= 0.6 is 0 Å². The van der Waals surface area contributed by atoms with Gasteiger partial charge in [-0.1, -0.05) is 0 Å². The number of likely N-dealkylation sites (tertiary alicyclic amines) is 1. The van der Waals surface area contributed by atoms with Gasteiger partial charge in [-0.2, -0.15) is 5.10 Å². The third-order valence-corrected chi connectivity index (χ3v) is 4.76. The van der Waals surface area contributed by atoms with Crippen LogP contribution < -0.4 is 0 Å². The van der Waals surface area contributed by atoms with Crippen molar-refractivity contribution in [3.05, 3.63) is 12.7 Å². The Bertz CT molecular complexity index is 454. The molecule has 2 fully saturated rings. The Balaban J connectivity index is 1.49. The molecule has 6 heteroatoms. The maximum atomic E-state index is 12.6. The maximum absolute atomic E-state index is 12.6. The molecule has 2 aliphatic rings. The van der Waals surface area contributed by atoms with Crippen molar-refractivity contribution in [3.63, 3.8) is 0 Å². The van der Waals surface area contributed by atoms with Crippen molar-refractivity contribution in [1.82, 2.24) is 19.7 Å². The molecule has 3 heterocycles. The number of piperidine rings is 1. The SMILES string of the molecule is CC1OCCCC1C(=O)N1CCC(Cn2cncn2)CC1. The zero-order valence-electron chi connectivity index (χ0n) is 12.6. The Morgan fingerprint density at radius 3 is 2.81 bits per heavy atom. The topological polar surface area (TPSA) is 60.2 Å². The van der Waals surface area contributed by atoms with Crippen molar-refractivity contribution >= 4 is 5.91 Å². The second-order valence-electron chi connectivity index (χ2n) is 6.21. The van der Waals surface area contributed by atoms with Gasteiger partial charge in [0.15, 0.2) is 0 Å². The molecule has 2 atom stereocenters. The van der Waals surface area contributed by atoms with Gasteiger partial charge in [0.25, 0.3) is 0 Å². The summed E-state index contributed by atoms with van der Waals surface area (Å²) in [7, 11) is 0. The molecule has 2 unspecified atom stereocenters. The highest BCUT2D eigenvalue weighted by molar-refractivity contribution is 5.79. The minimum atomic E-state index is 0.0608. The monoisotopic (exact) mass is 292 g/mol. The molecule has 0 spiro atoms. The Morgan fingerprint density at radius 2 is 2.14 bits per heavy atom. The summed E-state index contributed by atoms with van der Waals surface area (Å²) in [5.74, 6) is 0.947. The predicted molar refractivity (Wildman–Crippen MR) is 77.5 cm³/mol. The number of nitrogens with zero attached hydrogens (tertiary/aromatic N) is 4. The zero-order chi connectivity index (χ0) is 14.7. The summed E-state index contributed by atoms with van der Waals surface area (Å²) in [6.07, 6.45) is 7.48. The van der Waals surface area contributed by atoms with E-state index in [1.54, 1.807) is 12.7 Å². The molecule has 3 rings (SSSR count). The van der Waals surface area contributed by atoms with Crippen LogP contribution in [-0.4, -0.2) is 51.4 Å². The molecule has 0 aromatic carbocycles. The quantitative estimate of drug-likeness (QED) is 0.843. The molecule has 6 nitrogen and oxygen atoms in total. The highest BCUT2D eigenvalue weighted by Crippen LogP contribution is 2.26. The van der Waals surface area contributed by atoms with E-state index in [2.05, 4.69) is 10.1 Å². The molecule has 0 bridgehead atoms. The van der Waals surface area contributed by atoms with Crippen LogP contribution in [0.1, 0.15) is 32.6 Å². The first-order valence-corrected chi connectivity index (χ1v) is 7.97. The minimum absolute atomic E-state index is 0.0608. The number of hydrogen-bond donors (Lipinski definition) is 0. The fourth-order valence-corrected chi connectivity index (χ4v) is 3.41. The molecule has 0 aliphatic carbocycles. The number of aromatic nitrogens is 3. The van der Waals surface area contributed by atoms with Crippen LogP contribution in [0.15, 0.2) is 12.7 Å². The number of amides is 1. The van der Waals surface area contributed by atoms with Gasteiger partial charge in [-0.25, -0.2) is 4.98 Å². The molecular weight excluding hydrogens is 268 g/mol. The van der Waals surface area contributed by atoms with E-state index >= 15 is 0 Å². The van der Waals surface area contributed by atoms with E-state index in [0.29, 0.717) is 11.8 Å². The summed E-state index contributed by atoms with van der Waals surface area (Å²) < 4.78 is 7.52. The predicted octanol–water partition coefficient (Wildman–Crippen LogP) is 1.33. The van der Waals surface area contributed by atoms with Gasteiger partial charge in [0, 0.05) is 26.2 Å². The average molecular weight is 292 g/mol. The molecule has 1 aromatic rings. The van der Waals surface area contributed by atoms with Crippen LogP contribution in [0.25, 0.3) is 0 Å². The van der Waals surface area contributed by atoms with Gasteiger partial charge in [-0.3, -0.25) is 9.48 Å². The summed E-state index contributed by atoms with van der Waals surface area (Å²) in [4.78, 5) is 18.6. The average Bonchev–Trinajstić information content (AvgIpc) is 3.01. The lowest BCUT2D eigenvalue weighted by molar-refractivity contribution is -0.145. The highest BCUT2D eigenvalue weighted by atomic mass is 16.5. The third-order valence-electron chi connectivity index (χ3n) is 4.76. The molecule has 1 aromatic heterocycles. The van der Waals surface area contributed by atoms with Crippen LogP contribution in [0.5, 0.6) is 0 Å². The summed E-state index contributed by atoms with van der Waals surface area (Å²) in [5.41, 5.74) is 0. The number of carbonyl (C=O) groups is 1. The van der Waals surface area contributed by atoms with Crippen LogP contribution in [0, 0.1) is 11.8 Å². The highest BCUT2D eigenvalue weighted by Gasteiger charge is 2.33. The first kappa shape index (κ1) is 14.5. The first-order chi connectivity index (χ1) is 10.2. The maximum Gasteiger partial charge on any atom is 0.228 e. The number of rotatable bonds is 3. The smallest absolute Gasteiger partial charge is 0.228 e. The molecular formula is C15H24N4O2. The van der Waals surface area contributed by atoms with Crippen molar-refractivity contribution in [3.8, 4) is 0 Å². The van der Waals surface area contributed by atoms with Crippen molar-refractivity contribution in [2.24, 2.45) is 11.8 Å². The largest absolute Gasteiger partial charge is 0.378 e. The molecule has 0 N–H and O–H groups in total. The first-order valence-electron chi connectivity index (χ1n) is 7.97. The second-order valence-corrected chi connectivity index (χ2v) is 6.21. The number of hydrogen-bond acceptors (Lipinski definition) is 4. The molecule has 0 radical (unpaired) electrons. The Labute approximate surface area is 125 Å². The normalized spacial score (nSPS) is 27.8. The van der Waals surface area contributed by atoms with Crippen LogP contribution in [0.3, 0.4) is 0 Å². The van der Waals surface area contributed by atoms with Gasteiger partial charge in [0.2, 0.25) is 5.91 Å². The van der Waals surface area contributed by atoms with Gasteiger partial charge in [-0.15, -0.1) is 0 Å². The lowest BCUT2D eigenvalue weighted by Crippen LogP contribution is -2.46. The van der Waals surface area contributed by atoms with E-state index in [-0.39, 0.29) is 12.0 Å². The molecule has 2 aliphatic heterocycles. The van der Waals surface area contributed by atoms with Crippen molar-refractivity contribution in [1.29, 1.82) is 0 Å². The van der Waals surface area contributed by atoms with Crippen molar-refractivity contribution in [2.45, 2.75) is 45.3 Å². The van der Waals surface area contributed by atoms with Gasteiger partial charge in [0.1, 0.15) is 12.7 Å². The number of ether oxygens (including phenoxy) is 1. The van der Waals surface area contributed by atoms with Gasteiger partial charge in [0.05, 0.1) is 12.0 Å². The van der Waals surface area contributed by atoms with E-state index in [1.807, 2.05) is 16.5 Å². The minimum Gasteiger partial charge on any atom is -0.378 e. The molecule has 116 valence electrons. The molecule has 1 amide bonds. The molecule has 21 heavy (non-hydrogen) atoms. The standard InChI is InChI=1S/C15H24N4O2/c1-12-14(3-2-8-21-12)15(20)18-6-4-13(5-7-18)9-19-11-16-10-17-19/h10-14H,2-9H2,1H3. The summed E-state index contributed by atoms with van der Waals surface area (Å²) >= 11 is 0. The van der Waals surface area contributed by atoms with E-state index < -0.39 is 0 Å². The summed E-state index contributed by atoms with van der Waals surface area (Å²) in [6.45, 7) is 5.46. The van der Waals surface area contributed by atoms with Gasteiger partial charge < -0.3 is 9.64 Å². The zero-order valence-corrected chi connectivity index (χ0v) is 12.6. The van der Waals surface area contributed by atoms with Crippen molar-refractivity contribution < 1.29 is 9.53 Å². The fraction of sp³-hybridized carbons (Fsp3) is 0.800. The van der Waals surface area contributed by atoms with Gasteiger partial charge in [-0.05, 0) is 38.5 Å². The third kappa shape index (κ3) is 3.43. The van der Waals surface area contributed by atoms with E-state index in [4.69, 9.17) is 4.74 Å². The molecule has 0 saturated carbocycles. The lowest BCUT2D eigenvalue weighted by atomic mass is 9.91. The van der Waals surface area contributed by atoms with Crippen LogP contribution in [0.4, 0.5) is 0 Å². The second kappa shape index (κ2) is 6.56. The molecule has 2 saturated heterocycles. The number of carbonyl (C=O) groups excluding carboxylic acids is 1. The summed E-state index contributed by atoms with van der Waals surface area (Å²) in [5, 5.41) is 4.16. The van der Waals surface area contributed by atoms with E-state index in [9.17, 15) is 4.79 Å². The van der Waals surface area contributed by atoms with Crippen LogP contribution in [-0.2, 0) is 16.1 Å². The fourth-order valence-electron chi connectivity index (χ4n) is 3.41. The lowest BCUT2D eigenvalue weighted by Gasteiger charge is -2.37. The van der Waals surface area contributed by atoms with E-state index in [0.717, 1.165) is 51.9 Å². The van der Waals surface area contributed by atoms with Gasteiger partial charge >= 0.3 is 0 Å². The summed E-state index contributed by atoms with van der Waals surface area (Å²) in [6, 6.07) is 0. The van der Waals surface area contributed by atoms with Crippen molar-refractivity contribution in [2.75, 3.05) is 19.7 Å². The Hall–Kier alpha value is -1.43.